The average Bonchev–Trinajstić information content (AvgIpc) is 2.41. The number of primary amides is 1. The number of likely N-dealkylation sites (tertiary alicyclic amines) is 1. The number of carbonyl (C=O) groups excluding carboxylic acids is 1. The Balaban J connectivity index is 2.04. The zero-order chi connectivity index (χ0) is 14.7. The third kappa shape index (κ3) is 3.14. The van der Waals surface area contributed by atoms with Crippen LogP contribution in [0.5, 0.6) is 0 Å². The number of nitro groups is 1. The van der Waals surface area contributed by atoms with Gasteiger partial charge in [-0.25, -0.2) is 9.18 Å². The second-order valence-corrected chi connectivity index (χ2v) is 4.66. The quantitative estimate of drug-likeness (QED) is 0.650. The molecule has 1 aliphatic heterocycles. The van der Waals surface area contributed by atoms with Crippen molar-refractivity contribution in [2.24, 2.45) is 5.73 Å². The number of halogens is 1. The number of carbonyl (C=O) groups is 1. The Morgan fingerprint density at radius 2 is 2.10 bits per heavy atom. The van der Waals surface area contributed by atoms with Gasteiger partial charge in [0, 0.05) is 19.1 Å². The highest BCUT2D eigenvalue weighted by atomic mass is 19.1. The molecule has 0 spiro atoms. The number of piperidine rings is 1. The zero-order valence-corrected chi connectivity index (χ0v) is 10.7. The van der Waals surface area contributed by atoms with Crippen LogP contribution in [-0.4, -0.2) is 35.0 Å². The van der Waals surface area contributed by atoms with Gasteiger partial charge in [-0.2, -0.15) is 0 Å². The molecule has 1 aromatic carbocycles. The maximum Gasteiger partial charge on any atom is 0.314 e. The van der Waals surface area contributed by atoms with E-state index in [-0.39, 0.29) is 17.4 Å². The summed E-state index contributed by atoms with van der Waals surface area (Å²) < 4.78 is 13.0. The third-order valence-electron chi connectivity index (χ3n) is 3.32. The molecule has 0 radical (unpaired) electrons. The van der Waals surface area contributed by atoms with Crippen LogP contribution in [0.2, 0.25) is 0 Å². The maximum atomic E-state index is 13.0. The van der Waals surface area contributed by atoms with Crippen molar-refractivity contribution in [2.75, 3.05) is 18.4 Å². The molecule has 108 valence electrons. The summed E-state index contributed by atoms with van der Waals surface area (Å²) in [6, 6.07) is 2.95. The predicted octanol–water partition coefficient (Wildman–Crippen LogP) is 1.69. The largest absolute Gasteiger partial charge is 0.377 e. The fourth-order valence-corrected chi connectivity index (χ4v) is 2.24. The summed E-state index contributed by atoms with van der Waals surface area (Å²) in [5, 5.41) is 13.9. The van der Waals surface area contributed by atoms with Gasteiger partial charge in [0.1, 0.15) is 11.5 Å². The highest BCUT2D eigenvalue weighted by molar-refractivity contribution is 5.72. The fraction of sp³-hybridized carbons (Fsp3) is 0.417. The Morgan fingerprint density at radius 3 is 2.65 bits per heavy atom. The van der Waals surface area contributed by atoms with Gasteiger partial charge in [-0.15, -0.1) is 0 Å². The van der Waals surface area contributed by atoms with Crippen LogP contribution >= 0.6 is 0 Å². The molecular formula is C12H15FN4O3. The second-order valence-electron chi connectivity index (χ2n) is 4.66. The molecule has 8 heteroatoms. The first-order chi connectivity index (χ1) is 9.47. The Labute approximate surface area is 114 Å². The number of amides is 2. The fourth-order valence-electron chi connectivity index (χ4n) is 2.24. The molecule has 20 heavy (non-hydrogen) atoms. The molecule has 1 heterocycles. The van der Waals surface area contributed by atoms with Crippen molar-refractivity contribution in [1.82, 2.24) is 4.90 Å². The lowest BCUT2D eigenvalue weighted by Crippen LogP contribution is -2.44. The standard InChI is InChI=1S/C12H15FN4O3/c13-8-1-2-10(11(7-8)17(19)20)15-9-3-5-16(6-4-9)12(14)18/h1-2,7,9,15H,3-6H2,(H2,14,18). The van der Waals surface area contributed by atoms with Crippen LogP contribution in [0.3, 0.4) is 0 Å². The van der Waals surface area contributed by atoms with E-state index in [4.69, 9.17) is 5.73 Å². The summed E-state index contributed by atoms with van der Waals surface area (Å²) in [6.07, 6.45) is 1.27. The predicted molar refractivity (Wildman–Crippen MR) is 70.9 cm³/mol. The molecule has 0 aliphatic carbocycles. The first-order valence-electron chi connectivity index (χ1n) is 6.22. The molecule has 1 aromatic rings. The monoisotopic (exact) mass is 282 g/mol. The molecule has 1 fully saturated rings. The number of anilines is 1. The summed E-state index contributed by atoms with van der Waals surface area (Å²) in [7, 11) is 0. The van der Waals surface area contributed by atoms with Crippen molar-refractivity contribution in [2.45, 2.75) is 18.9 Å². The minimum atomic E-state index is -0.647. The van der Waals surface area contributed by atoms with E-state index < -0.39 is 16.8 Å². The Morgan fingerprint density at radius 1 is 1.45 bits per heavy atom. The summed E-state index contributed by atoms with van der Waals surface area (Å²) >= 11 is 0. The highest BCUT2D eigenvalue weighted by Crippen LogP contribution is 2.27. The molecule has 1 saturated heterocycles. The molecule has 0 aromatic heterocycles. The van der Waals surface area contributed by atoms with Gasteiger partial charge in [0.25, 0.3) is 5.69 Å². The Kier molecular flexibility index (Phi) is 4.02. The van der Waals surface area contributed by atoms with Gasteiger partial charge in [0.05, 0.1) is 11.0 Å². The van der Waals surface area contributed by atoms with Crippen molar-refractivity contribution < 1.29 is 14.1 Å². The van der Waals surface area contributed by atoms with E-state index in [0.29, 0.717) is 25.9 Å². The molecule has 7 nitrogen and oxygen atoms in total. The molecule has 0 unspecified atom stereocenters. The van der Waals surface area contributed by atoms with E-state index in [1.54, 1.807) is 0 Å². The van der Waals surface area contributed by atoms with Crippen LogP contribution in [0, 0.1) is 15.9 Å². The number of rotatable bonds is 3. The van der Waals surface area contributed by atoms with Crippen molar-refractivity contribution in [3.8, 4) is 0 Å². The molecule has 0 saturated carbocycles. The molecular weight excluding hydrogens is 267 g/mol. The minimum absolute atomic E-state index is 0.00485. The van der Waals surface area contributed by atoms with E-state index in [2.05, 4.69) is 5.32 Å². The number of nitro benzene ring substituents is 1. The van der Waals surface area contributed by atoms with Gasteiger partial charge in [0.2, 0.25) is 0 Å². The van der Waals surface area contributed by atoms with E-state index in [0.717, 1.165) is 6.07 Å². The molecule has 0 atom stereocenters. The van der Waals surface area contributed by atoms with Crippen LogP contribution in [-0.2, 0) is 0 Å². The summed E-state index contributed by atoms with van der Waals surface area (Å²) in [6.45, 7) is 1.00. The van der Waals surface area contributed by atoms with Gasteiger partial charge >= 0.3 is 6.03 Å². The van der Waals surface area contributed by atoms with Crippen LogP contribution in [0.4, 0.5) is 20.6 Å². The van der Waals surface area contributed by atoms with Crippen molar-refractivity contribution >= 4 is 17.4 Å². The molecule has 3 N–H and O–H groups in total. The van der Waals surface area contributed by atoms with Gasteiger partial charge in [0.15, 0.2) is 0 Å². The number of benzene rings is 1. The van der Waals surface area contributed by atoms with Gasteiger partial charge < -0.3 is 16.0 Å². The van der Waals surface area contributed by atoms with E-state index >= 15 is 0 Å². The van der Waals surface area contributed by atoms with Crippen molar-refractivity contribution in [3.05, 3.63) is 34.1 Å². The highest BCUT2D eigenvalue weighted by Gasteiger charge is 2.23. The van der Waals surface area contributed by atoms with Gasteiger partial charge in [-0.05, 0) is 25.0 Å². The Hall–Kier alpha value is -2.38. The Bertz CT molecular complexity index is 529. The first-order valence-corrected chi connectivity index (χ1v) is 6.22. The second kappa shape index (κ2) is 5.72. The average molecular weight is 282 g/mol. The van der Waals surface area contributed by atoms with Crippen LogP contribution in [0.15, 0.2) is 18.2 Å². The molecule has 2 rings (SSSR count). The van der Waals surface area contributed by atoms with E-state index in [1.807, 2.05) is 0 Å². The summed E-state index contributed by atoms with van der Waals surface area (Å²) in [5.74, 6) is -0.647. The number of urea groups is 1. The van der Waals surface area contributed by atoms with Crippen molar-refractivity contribution in [1.29, 1.82) is 0 Å². The number of nitrogens with zero attached hydrogens (tertiary/aromatic N) is 2. The van der Waals surface area contributed by atoms with E-state index in [1.165, 1.54) is 17.0 Å². The minimum Gasteiger partial charge on any atom is -0.377 e. The number of nitrogens with one attached hydrogen (secondary N) is 1. The third-order valence-corrected chi connectivity index (χ3v) is 3.32. The zero-order valence-electron chi connectivity index (χ0n) is 10.7. The van der Waals surface area contributed by atoms with Crippen LogP contribution < -0.4 is 11.1 Å². The normalized spacial score (nSPS) is 15.9. The maximum absolute atomic E-state index is 13.0. The number of hydrogen-bond acceptors (Lipinski definition) is 4. The van der Waals surface area contributed by atoms with Crippen LogP contribution in [0.1, 0.15) is 12.8 Å². The van der Waals surface area contributed by atoms with Gasteiger partial charge in [-0.1, -0.05) is 0 Å². The molecule has 2 amide bonds. The lowest BCUT2D eigenvalue weighted by atomic mass is 10.0. The number of nitrogens with two attached hydrogens (primary N) is 1. The lowest BCUT2D eigenvalue weighted by Gasteiger charge is -2.31. The van der Waals surface area contributed by atoms with Gasteiger partial charge in [-0.3, -0.25) is 10.1 Å². The lowest BCUT2D eigenvalue weighted by molar-refractivity contribution is -0.384. The SMILES string of the molecule is NC(=O)N1CCC(Nc2ccc(F)cc2[N+](=O)[O-])CC1. The smallest absolute Gasteiger partial charge is 0.314 e. The summed E-state index contributed by atoms with van der Waals surface area (Å²) in [4.78, 5) is 22.8. The first kappa shape index (κ1) is 14.0. The van der Waals surface area contributed by atoms with E-state index in [9.17, 15) is 19.3 Å². The molecule has 0 bridgehead atoms. The summed E-state index contributed by atoms with van der Waals surface area (Å²) in [5.41, 5.74) is 5.18. The molecule has 1 aliphatic rings. The van der Waals surface area contributed by atoms with Crippen LogP contribution in [0.25, 0.3) is 0 Å². The number of hydrogen-bond donors (Lipinski definition) is 2. The van der Waals surface area contributed by atoms with Crippen molar-refractivity contribution in [3.63, 3.8) is 0 Å². The topological polar surface area (TPSA) is 102 Å².